The molecule has 3 heteroatoms. The molecule has 0 radical (unpaired) electrons. The lowest BCUT2D eigenvalue weighted by molar-refractivity contribution is 0.460. The van der Waals surface area contributed by atoms with Crippen molar-refractivity contribution in [3.63, 3.8) is 0 Å². The number of para-hydroxylation sites is 1. The van der Waals surface area contributed by atoms with E-state index in [1.54, 1.807) is 0 Å². The van der Waals surface area contributed by atoms with E-state index in [9.17, 15) is 5.11 Å². The first-order valence-electron chi connectivity index (χ1n) is 5.92. The van der Waals surface area contributed by atoms with Crippen molar-refractivity contribution in [3.05, 3.63) is 28.2 Å². The summed E-state index contributed by atoms with van der Waals surface area (Å²) in [7, 11) is 0. The van der Waals surface area contributed by atoms with Gasteiger partial charge >= 0.3 is 0 Å². The lowest BCUT2D eigenvalue weighted by Crippen LogP contribution is -2.17. The molecule has 0 spiro atoms. The molecule has 2 rings (SSSR count). The molecule has 2 unspecified atom stereocenters. The normalized spacial score (nSPS) is 23.4. The number of phenols is 1. The van der Waals surface area contributed by atoms with Crippen LogP contribution in [0.5, 0.6) is 5.75 Å². The minimum Gasteiger partial charge on any atom is -0.506 e. The molecule has 2 nitrogen and oxygen atoms in total. The molecule has 0 amide bonds. The van der Waals surface area contributed by atoms with Crippen LogP contribution in [0.3, 0.4) is 0 Å². The number of hydrogen-bond donors (Lipinski definition) is 2. The fraction of sp³-hybridized carbons (Fsp3) is 0.538. The Morgan fingerprint density at radius 1 is 1.50 bits per heavy atom. The molecule has 1 aliphatic carbocycles. The van der Waals surface area contributed by atoms with Crippen LogP contribution in [0.1, 0.15) is 31.7 Å². The second-order valence-corrected chi connectivity index (χ2v) is 5.37. The van der Waals surface area contributed by atoms with E-state index in [2.05, 4.69) is 28.2 Å². The molecule has 2 N–H and O–H groups in total. The van der Waals surface area contributed by atoms with Gasteiger partial charge in [-0.2, -0.15) is 0 Å². The van der Waals surface area contributed by atoms with E-state index < -0.39 is 0 Å². The summed E-state index contributed by atoms with van der Waals surface area (Å²) in [5.41, 5.74) is 0.969. The highest BCUT2D eigenvalue weighted by Crippen LogP contribution is 2.35. The summed E-state index contributed by atoms with van der Waals surface area (Å²) in [5.74, 6) is 1.22. The Hall–Kier alpha value is -0.540. The lowest BCUT2D eigenvalue weighted by atomic mass is 10.2. The highest BCUT2D eigenvalue weighted by Gasteiger charge is 2.35. The van der Waals surface area contributed by atoms with Crippen molar-refractivity contribution >= 4 is 15.9 Å². The van der Waals surface area contributed by atoms with Crippen LogP contribution < -0.4 is 5.32 Å². The Bertz CT molecular complexity index is 367. The smallest absolute Gasteiger partial charge is 0.134 e. The fourth-order valence-electron chi connectivity index (χ4n) is 2.13. The van der Waals surface area contributed by atoms with E-state index >= 15 is 0 Å². The third kappa shape index (κ3) is 2.77. The maximum atomic E-state index is 9.81. The number of halogens is 1. The van der Waals surface area contributed by atoms with Crippen LogP contribution >= 0.6 is 15.9 Å². The van der Waals surface area contributed by atoms with Gasteiger partial charge in [-0.15, -0.1) is 0 Å². The van der Waals surface area contributed by atoms with Crippen molar-refractivity contribution in [2.45, 2.75) is 38.8 Å². The van der Waals surface area contributed by atoms with Gasteiger partial charge in [-0.3, -0.25) is 0 Å². The van der Waals surface area contributed by atoms with Crippen LogP contribution in [0, 0.1) is 5.92 Å². The van der Waals surface area contributed by atoms with Crippen LogP contribution in [0.25, 0.3) is 0 Å². The van der Waals surface area contributed by atoms with Crippen LogP contribution in [0.2, 0.25) is 0 Å². The maximum Gasteiger partial charge on any atom is 0.134 e. The zero-order valence-electron chi connectivity index (χ0n) is 9.54. The van der Waals surface area contributed by atoms with Crippen molar-refractivity contribution in [3.8, 4) is 5.75 Å². The quantitative estimate of drug-likeness (QED) is 0.868. The van der Waals surface area contributed by atoms with Crippen molar-refractivity contribution < 1.29 is 5.11 Å². The third-order valence-electron chi connectivity index (χ3n) is 3.21. The Kier molecular flexibility index (Phi) is 3.87. The van der Waals surface area contributed by atoms with Gasteiger partial charge in [0.25, 0.3) is 0 Å². The van der Waals surface area contributed by atoms with Gasteiger partial charge in [0.05, 0.1) is 4.47 Å². The Morgan fingerprint density at radius 2 is 2.31 bits per heavy atom. The average Bonchev–Trinajstić information content (AvgIpc) is 3.00. The van der Waals surface area contributed by atoms with E-state index in [0.717, 1.165) is 22.5 Å². The summed E-state index contributed by atoms with van der Waals surface area (Å²) in [5, 5.41) is 13.3. The van der Waals surface area contributed by atoms with Gasteiger partial charge in [0, 0.05) is 18.2 Å². The molecule has 0 bridgehead atoms. The Morgan fingerprint density at radius 3 is 3.06 bits per heavy atom. The maximum absolute atomic E-state index is 9.81. The molecule has 1 aromatic rings. The number of nitrogens with one attached hydrogen (secondary N) is 1. The fourth-order valence-corrected chi connectivity index (χ4v) is 2.54. The summed E-state index contributed by atoms with van der Waals surface area (Å²) >= 11 is 3.33. The van der Waals surface area contributed by atoms with E-state index in [4.69, 9.17) is 0 Å². The zero-order valence-corrected chi connectivity index (χ0v) is 11.1. The van der Waals surface area contributed by atoms with Gasteiger partial charge in [-0.25, -0.2) is 0 Å². The first-order valence-corrected chi connectivity index (χ1v) is 6.71. The monoisotopic (exact) mass is 283 g/mol. The van der Waals surface area contributed by atoms with E-state index in [-0.39, 0.29) is 0 Å². The summed E-state index contributed by atoms with van der Waals surface area (Å²) in [4.78, 5) is 0. The van der Waals surface area contributed by atoms with Gasteiger partial charge in [0.15, 0.2) is 0 Å². The second-order valence-electron chi connectivity index (χ2n) is 4.52. The SMILES string of the molecule is CCCC1CC1NCc1cccc(Br)c1O. The minimum atomic E-state index is 0.364. The molecule has 1 saturated carbocycles. The first-order chi connectivity index (χ1) is 7.72. The van der Waals surface area contributed by atoms with Gasteiger partial charge < -0.3 is 10.4 Å². The summed E-state index contributed by atoms with van der Waals surface area (Å²) in [6, 6.07) is 6.44. The molecular weight excluding hydrogens is 266 g/mol. The van der Waals surface area contributed by atoms with Gasteiger partial charge in [-0.05, 0) is 40.8 Å². The number of hydrogen-bond acceptors (Lipinski definition) is 2. The number of phenolic OH excluding ortho intramolecular Hbond substituents is 1. The lowest BCUT2D eigenvalue weighted by Gasteiger charge is -2.07. The van der Waals surface area contributed by atoms with Gasteiger partial charge in [0.1, 0.15) is 5.75 Å². The summed E-state index contributed by atoms with van der Waals surface area (Å²) in [6.07, 6.45) is 3.88. The molecule has 0 aliphatic heterocycles. The number of aromatic hydroxyl groups is 1. The van der Waals surface area contributed by atoms with Crippen LogP contribution in [-0.2, 0) is 6.54 Å². The predicted octanol–water partition coefficient (Wildman–Crippen LogP) is 3.43. The zero-order chi connectivity index (χ0) is 11.5. The molecule has 1 fully saturated rings. The Labute approximate surface area is 105 Å². The van der Waals surface area contributed by atoms with Crippen molar-refractivity contribution in [2.24, 2.45) is 5.92 Å². The highest BCUT2D eigenvalue weighted by atomic mass is 79.9. The standard InChI is InChI=1S/C13H18BrNO/c1-2-4-9-7-12(9)15-8-10-5-3-6-11(14)13(10)16/h3,5-6,9,12,15-16H,2,4,7-8H2,1H3. The van der Waals surface area contributed by atoms with E-state index in [0.29, 0.717) is 11.8 Å². The molecule has 1 aromatic carbocycles. The molecule has 0 aromatic heterocycles. The van der Waals surface area contributed by atoms with Crippen molar-refractivity contribution in [1.29, 1.82) is 0 Å². The number of benzene rings is 1. The van der Waals surface area contributed by atoms with E-state index in [1.165, 1.54) is 19.3 Å². The molecule has 1 aliphatic rings. The third-order valence-corrected chi connectivity index (χ3v) is 3.85. The second kappa shape index (κ2) is 5.19. The summed E-state index contributed by atoms with van der Waals surface area (Å²) in [6.45, 7) is 2.99. The van der Waals surface area contributed by atoms with Crippen LogP contribution in [0.15, 0.2) is 22.7 Å². The molecule has 0 heterocycles. The molecular formula is C13H18BrNO. The van der Waals surface area contributed by atoms with Crippen molar-refractivity contribution in [1.82, 2.24) is 5.32 Å². The van der Waals surface area contributed by atoms with E-state index in [1.807, 2.05) is 18.2 Å². The molecule has 16 heavy (non-hydrogen) atoms. The Balaban J connectivity index is 1.84. The van der Waals surface area contributed by atoms with Gasteiger partial charge in [0.2, 0.25) is 0 Å². The number of rotatable bonds is 5. The average molecular weight is 284 g/mol. The molecule has 2 atom stereocenters. The summed E-state index contributed by atoms with van der Waals surface area (Å²) < 4.78 is 0.771. The van der Waals surface area contributed by atoms with Gasteiger partial charge in [-0.1, -0.05) is 25.5 Å². The van der Waals surface area contributed by atoms with Crippen LogP contribution in [-0.4, -0.2) is 11.1 Å². The van der Waals surface area contributed by atoms with Crippen molar-refractivity contribution in [2.75, 3.05) is 0 Å². The first kappa shape index (κ1) is 11.9. The topological polar surface area (TPSA) is 32.3 Å². The minimum absolute atomic E-state index is 0.364. The highest BCUT2D eigenvalue weighted by molar-refractivity contribution is 9.10. The van der Waals surface area contributed by atoms with Crippen LogP contribution in [0.4, 0.5) is 0 Å². The predicted molar refractivity (Wildman–Crippen MR) is 69.4 cm³/mol. The molecule has 88 valence electrons. The molecule has 0 saturated heterocycles. The largest absolute Gasteiger partial charge is 0.506 e.